The lowest BCUT2D eigenvalue weighted by atomic mass is 10.3. The zero-order valence-electron chi connectivity index (χ0n) is 7.36. The molecule has 0 aliphatic carbocycles. The van der Waals surface area contributed by atoms with Gasteiger partial charge >= 0.3 is 5.97 Å². The molecule has 0 fully saturated rings. The van der Waals surface area contributed by atoms with E-state index in [-0.39, 0.29) is 19.2 Å². The second-order valence-electron chi connectivity index (χ2n) is 2.46. The van der Waals surface area contributed by atoms with E-state index in [0.717, 1.165) is 0 Å². The van der Waals surface area contributed by atoms with E-state index in [0.29, 0.717) is 6.54 Å². The topological polar surface area (TPSA) is 78.8 Å². The number of ether oxygens (including phenoxy) is 1. The number of nitrogens with one attached hydrogen (secondary N) is 1. The van der Waals surface area contributed by atoms with Crippen LogP contribution in [0.1, 0.15) is 0 Å². The summed E-state index contributed by atoms with van der Waals surface area (Å²) in [5, 5.41) is 20.1. The fourth-order valence-electron chi connectivity index (χ4n) is 0.668. The van der Waals surface area contributed by atoms with E-state index in [1.165, 1.54) is 7.11 Å². The Balaban J connectivity index is 3.67. The molecule has 0 amide bonds. The Morgan fingerprint density at radius 1 is 1.54 bits per heavy atom. The molecule has 6 heteroatoms. The molecule has 1 atom stereocenters. The molecule has 3 N–H and O–H groups in total. The molecule has 1 unspecified atom stereocenters. The van der Waals surface area contributed by atoms with Gasteiger partial charge in [0, 0.05) is 6.54 Å². The molecule has 0 spiro atoms. The number of rotatable bonds is 6. The third-order valence-corrected chi connectivity index (χ3v) is 2.18. The quantitative estimate of drug-likeness (QED) is 0.414. The first kappa shape index (κ1) is 12.8. The van der Waals surface area contributed by atoms with E-state index >= 15 is 0 Å². The molecular weight excluding hydrogens is 242 g/mol. The van der Waals surface area contributed by atoms with Crippen LogP contribution in [-0.2, 0) is 9.53 Å². The summed E-state index contributed by atoms with van der Waals surface area (Å²) >= 11 is 3.09. The molecule has 0 aromatic rings. The van der Waals surface area contributed by atoms with Gasteiger partial charge in [-0.1, -0.05) is 15.9 Å². The number of alkyl halides is 1. The van der Waals surface area contributed by atoms with Crippen molar-refractivity contribution < 1.29 is 19.7 Å². The fraction of sp³-hybridized carbons (Fsp3) is 0.857. The summed E-state index contributed by atoms with van der Waals surface area (Å²) in [6.07, 6.45) is 0. The summed E-state index contributed by atoms with van der Waals surface area (Å²) in [4.78, 5) is 10.4. The first-order valence-corrected chi connectivity index (χ1v) is 4.74. The van der Waals surface area contributed by atoms with E-state index in [9.17, 15) is 4.79 Å². The lowest BCUT2D eigenvalue weighted by Gasteiger charge is -2.14. The molecule has 0 aromatic carbocycles. The summed E-state index contributed by atoms with van der Waals surface area (Å²) in [6, 6.07) is -0.398. The zero-order chi connectivity index (χ0) is 10.3. The van der Waals surface area contributed by atoms with Crippen LogP contribution in [0.3, 0.4) is 0 Å². The minimum absolute atomic E-state index is 0.169. The summed E-state index contributed by atoms with van der Waals surface area (Å²) in [6.45, 7) is -0.0345. The van der Waals surface area contributed by atoms with Crippen LogP contribution in [0, 0.1) is 0 Å². The van der Waals surface area contributed by atoms with E-state index < -0.39 is 10.9 Å². The SMILES string of the molecule is COC(=O)C(Br)CNC(CO)CO. The molecular formula is C7H14BrNO4. The minimum atomic E-state index is -0.460. The monoisotopic (exact) mass is 255 g/mol. The average Bonchev–Trinajstić information content (AvgIpc) is 2.17. The van der Waals surface area contributed by atoms with Crippen LogP contribution >= 0.6 is 15.9 Å². The van der Waals surface area contributed by atoms with Crippen molar-refractivity contribution in [2.75, 3.05) is 26.9 Å². The third-order valence-electron chi connectivity index (χ3n) is 1.48. The maximum atomic E-state index is 10.9. The van der Waals surface area contributed by atoms with Crippen molar-refractivity contribution in [2.24, 2.45) is 0 Å². The number of hydrogen-bond acceptors (Lipinski definition) is 5. The van der Waals surface area contributed by atoms with Crippen molar-refractivity contribution in [3.05, 3.63) is 0 Å². The molecule has 5 nitrogen and oxygen atoms in total. The Hall–Kier alpha value is -0.170. The van der Waals surface area contributed by atoms with Gasteiger partial charge in [0.15, 0.2) is 0 Å². The maximum Gasteiger partial charge on any atom is 0.320 e. The van der Waals surface area contributed by atoms with Gasteiger partial charge in [-0.25, -0.2) is 0 Å². The Morgan fingerprint density at radius 2 is 2.08 bits per heavy atom. The molecule has 13 heavy (non-hydrogen) atoms. The molecule has 0 heterocycles. The predicted molar refractivity (Wildman–Crippen MR) is 50.7 cm³/mol. The molecule has 0 saturated carbocycles. The molecule has 0 rings (SSSR count). The maximum absolute atomic E-state index is 10.9. The fourth-order valence-corrected chi connectivity index (χ4v) is 1.04. The van der Waals surface area contributed by atoms with Gasteiger partial charge in [-0.15, -0.1) is 0 Å². The highest BCUT2D eigenvalue weighted by Gasteiger charge is 2.16. The summed E-state index contributed by atoms with van der Waals surface area (Å²) in [5.41, 5.74) is 0. The molecule has 78 valence electrons. The number of carbonyl (C=O) groups excluding carboxylic acids is 1. The van der Waals surface area contributed by atoms with Crippen molar-refractivity contribution in [3.8, 4) is 0 Å². The normalized spacial score (nSPS) is 13.0. The van der Waals surface area contributed by atoms with Gasteiger partial charge in [-0.3, -0.25) is 4.79 Å². The second-order valence-corrected chi connectivity index (χ2v) is 3.57. The molecule has 0 aliphatic heterocycles. The predicted octanol–water partition coefficient (Wildman–Crippen LogP) is -1.13. The van der Waals surface area contributed by atoms with E-state index in [1.807, 2.05) is 0 Å². The standard InChI is InChI=1S/C7H14BrNO4/c1-13-7(12)6(8)2-9-5(3-10)4-11/h5-6,9-11H,2-4H2,1H3. The molecule has 0 aromatic heterocycles. The average molecular weight is 256 g/mol. The largest absolute Gasteiger partial charge is 0.468 e. The van der Waals surface area contributed by atoms with Gasteiger partial charge in [0.25, 0.3) is 0 Å². The molecule has 0 saturated heterocycles. The van der Waals surface area contributed by atoms with Gasteiger partial charge in [-0.05, 0) is 0 Å². The minimum Gasteiger partial charge on any atom is -0.468 e. The smallest absolute Gasteiger partial charge is 0.320 e. The summed E-state index contributed by atoms with van der Waals surface area (Å²) in [5.74, 6) is -0.387. The van der Waals surface area contributed by atoms with Crippen LogP contribution in [0.4, 0.5) is 0 Å². The number of esters is 1. The first-order valence-electron chi connectivity index (χ1n) is 3.82. The number of methoxy groups -OCH3 is 1. The van der Waals surface area contributed by atoms with Crippen molar-refractivity contribution >= 4 is 21.9 Å². The van der Waals surface area contributed by atoms with Crippen molar-refractivity contribution in [3.63, 3.8) is 0 Å². The van der Waals surface area contributed by atoms with E-state index in [4.69, 9.17) is 10.2 Å². The van der Waals surface area contributed by atoms with Crippen LogP contribution in [0.15, 0.2) is 0 Å². The number of hydrogen-bond donors (Lipinski definition) is 3. The van der Waals surface area contributed by atoms with E-state index in [2.05, 4.69) is 26.0 Å². The van der Waals surface area contributed by atoms with Crippen LogP contribution in [0.5, 0.6) is 0 Å². The van der Waals surface area contributed by atoms with Crippen LogP contribution < -0.4 is 5.32 Å². The lowest BCUT2D eigenvalue weighted by molar-refractivity contribution is -0.139. The molecule has 0 aliphatic rings. The number of carbonyl (C=O) groups is 1. The van der Waals surface area contributed by atoms with Gasteiger partial charge < -0.3 is 20.3 Å². The molecule has 0 bridgehead atoms. The van der Waals surface area contributed by atoms with Crippen molar-refractivity contribution in [2.45, 2.75) is 10.9 Å². The lowest BCUT2D eigenvalue weighted by Crippen LogP contribution is -2.41. The van der Waals surface area contributed by atoms with Crippen LogP contribution in [0.2, 0.25) is 0 Å². The highest BCUT2D eigenvalue weighted by molar-refractivity contribution is 9.10. The first-order chi connectivity index (χ1) is 6.15. The third kappa shape index (κ3) is 5.20. The van der Waals surface area contributed by atoms with Gasteiger partial charge in [0.2, 0.25) is 0 Å². The van der Waals surface area contributed by atoms with Crippen molar-refractivity contribution in [1.82, 2.24) is 5.32 Å². The summed E-state index contributed by atoms with van der Waals surface area (Å²) in [7, 11) is 1.30. The highest BCUT2D eigenvalue weighted by Crippen LogP contribution is 2.00. The number of aliphatic hydroxyl groups excluding tert-OH is 2. The van der Waals surface area contributed by atoms with Crippen molar-refractivity contribution in [1.29, 1.82) is 0 Å². The van der Waals surface area contributed by atoms with Crippen LogP contribution in [-0.4, -0.2) is 53.9 Å². The van der Waals surface area contributed by atoms with E-state index in [1.54, 1.807) is 0 Å². The van der Waals surface area contributed by atoms with Gasteiger partial charge in [-0.2, -0.15) is 0 Å². The highest BCUT2D eigenvalue weighted by atomic mass is 79.9. The number of halogens is 1. The van der Waals surface area contributed by atoms with Crippen LogP contribution in [0.25, 0.3) is 0 Å². The number of aliphatic hydroxyl groups is 2. The Kier molecular flexibility index (Phi) is 7.16. The molecule has 0 radical (unpaired) electrons. The summed E-state index contributed by atoms with van der Waals surface area (Å²) < 4.78 is 4.46. The Morgan fingerprint density at radius 3 is 2.46 bits per heavy atom. The van der Waals surface area contributed by atoms with Gasteiger partial charge in [0.1, 0.15) is 4.83 Å². The Labute approximate surface area is 85.2 Å². The second kappa shape index (κ2) is 7.25. The van der Waals surface area contributed by atoms with Gasteiger partial charge in [0.05, 0.1) is 26.4 Å². The Bertz CT molecular complexity index is 151. The zero-order valence-corrected chi connectivity index (χ0v) is 8.95.